The van der Waals surface area contributed by atoms with Gasteiger partial charge in [0.2, 0.25) is 0 Å². The van der Waals surface area contributed by atoms with Crippen LogP contribution in [0.15, 0.2) is 30.7 Å². The van der Waals surface area contributed by atoms with Crippen LogP contribution in [0, 0.1) is 0 Å². The normalized spacial score (nSPS) is 11.8. The highest BCUT2D eigenvalue weighted by atomic mass is 35.5. The predicted molar refractivity (Wildman–Crippen MR) is 88.3 cm³/mol. The first-order valence-corrected chi connectivity index (χ1v) is 7.84. The molecule has 0 saturated heterocycles. The lowest BCUT2D eigenvalue weighted by Gasteiger charge is -2.24. The maximum absolute atomic E-state index is 12.9. The summed E-state index contributed by atoms with van der Waals surface area (Å²) in [6.07, 6.45) is -1.51. The van der Waals surface area contributed by atoms with E-state index in [0.717, 1.165) is 18.2 Å². The number of rotatable bonds is 6. The summed E-state index contributed by atoms with van der Waals surface area (Å²) < 4.78 is 38.8. The van der Waals surface area contributed by atoms with Gasteiger partial charge in [-0.2, -0.15) is 13.2 Å². The average Bonchev–Trinajstić information content (AvgIpc) is 3.03. The Balaban J connectivity index is 2.31. The van der Waals surface area contributed by atoms with Gasteiger partial charge in [0.05, 0.1) is 34.7 Å². The van der Waals surface area contributed by atoms with Gasteiger partial charge in [0.1, 0.15) is 0 Å². The number of amides is 1. The second-order valence-electron chi connectivity index (χ2n) is 5.80. The quantitative estimate of drug-likeness (QED) is 0.844. The molecule has 5 nitrogen and oxygen atoms in total. The lowest BCUT2D eigenvalue weighted by atomic mass is 10.1. The molecule has 1 aromatic carbocycles. The molecule has 1 heterocycles. The molecule has 1 N–H and O–H groups in total. The number of hydrogen-bond donors (Lipinski definition) is 1. The van der Waals surface area contributed by atoms with Crippen molar-refractivity contribution in [2.45, 2.75) is 12.7 Å². The first-order valence-electron chi connectivity index (χ1n) is 7.46. The molecule has 0 bridgehead atoms. The lowest BCUT2D eigenvalue weighted by Crippen LogP contribution is -2.36. The van der Waals surface area contributed by atoms with Crippen molar-refractivity contribution in [1.82, 2.24) is 19.8 Å². The van der Waals surface area contributed by atoms with Gasteiger partial charge < -0.3 is 14.8 Å². The Morgan fingerprint density at radius 2 is 2.00 bits per heavy atom. The number of nitrogens with zero attached hydrogens (tertiary/aromatic N) is 3. The van der Waals surface area contributed by atoms with Crippen LogP contribution in [-0.2, 0) is 12.7 Å². The van der Waals surface area contributed by atoms with Crippen LogP contribution in [0.25, 0.3) is 0 Å². The van der Waals surface area contributed by atoms with Crippen LogP contribution in [-0.4, -0.2) is 52.9 Å². The van der Waals surface area contributed by atoms with E-state index in [1.165, 1.54) is 11.2 Å². The van der Waals surface area contributed by atoms with Gasteiger partial charge in [0.15, 0.2) is 0 Å². The summed E-state index contributed by atoms with van der Waals surface area (Å²) in [5.74, 6) is -0.562. The van der Waals surface area contributed by atoms with Gasteiger partial charge in [-0.3, -0.25) is 4.79 Å². The van der Waals surface area contributed by atoms with Crippen molar-refractivity contribution < 1.29 is 18.0 Å². The molecule has 9 heteroatoms. The number of alkyl halides is 3. The van der Waals surface area contributed by atoms with Gasteiger partial charge in [-0.1, -0.05) is 11.6 Å². The molecule has 0 aliphatic rings. The largest absolute Gasteiger partial charge is 0.416 e. The average molecular weight is 375 g/mol. The number of likely N-dealkylation sites (N-methyl/N-ethyl adjacent to an activating group) is 1. The van der Waals surface area contributed by atoms with Crippen LogP contribution < -0.4 is 0 Å². The van der Waals surface area contributed by atoms with Gasteiger partial charge in [0.25, 0.3) is 5.91 Å². The third-order valence-corrected chi connectivity index (χ3v) is 3.87. The molecule has 0 aliphatic carbocycles. The lowest BCUT2D eigenvalue weighted by molar-refractivity contribution is -0.137. The van der Waals surface area contributed by atoms with Crippen molar-refractivity contribution in [3.05, 3.63) is 52.6 Å². The van der Waals surface area contributed by atoms with Crippen LogP contribution in [0.1, 0.15) is 21.6 Å². The summed E-state index contributed by atoms with van der Waals surface area (Å²) in [5.41, 5.74) is -0.403. The zero-order valence-electron chi connectivity index (χ0n) is 13.8. The smallest absolute Gasteiger partial charge is 0.347 e. The number of imidazole rings is 1. The summed E-state index contributed by atoms with van der Waals surface area (Å²) in [6, 6.07) is 2.75. The number of carbonyl (C=O) groups is 1. The molecule has 1 aromatic heterocycles. The minimum Gasteiger partial charge on any atom is -0.347 e. The van der Waals surface area contributed by atoms with Gasteiger partial charge in [0, 0.05) is 19.3 Å². The van der Waals surface area contributed by atoms with E-state index in [1.807, 2.05) is 19.0 Å². The molecule has 0 unspecified atom stereocenters. The van der Waals surface area contributed by atoms with E-state index in [9.17, 15) is 18.0 Å². The molecule has 0 fully saturated rings. The van der Waals surface area contributed by atoms with E-state index in [1.54, 1.807) is 6.20 Å². The number of nitrogens with one attached hydrogen (secondary N) is 1. The van der Waals surface area contributed by atoms with Crippen molar-refractivity contribution in [1.29, 1.82) is 0 Å². The highest BCUT2D eigenvalue weighted by Gasteiger charge is 2.32. The molecule has 0 atom stereocenters. The SMILES string of the molecule is CN(C)CCN(Cc1cnc[nH]1)C(=O)c1cc(C(F)(F)F)ccc1Cl. The molecule has 0 aliphatic heterocycles. The van der Waals surface area contributed by atoms with Crippen molar-refractivity contribution in [3.8, 4) is 0 Å². The van der Waals surface area contributed by atoms with Crippen LogP contribution in [0.2, 0.25) is 5.02 Å². The highest BCUT2D eigenvalue weighted by molar-refractivity contribution is 6.33. The van der Waals surface area contributed by atoms with Crippen molar-refractivity contribution in [2.75, 3.05) is 27.2 Å². The van der Waals surface area contributed by atoms with E-state index in [-0.39, 0.29) is 17.1 Å². The molecular weight excluding hydrogens is 357 g/mol. The van der Waals surface area contributed by atoms with E-state index in [4.69, 9.17) is 11.6 Å². The van der Waals surface area contributed by atoms with Crippen molar-refractivity contribution in [3.63, 3.8) is 0 Å². The Labute approximate surface area is 148 Å². The second kappa shape index (κ2) is 7.88. The Bertz CT molecular complexity index is 717. The van der Waals surface area contributed by atoms with Crippen LogP contribution in [0.3, 0.4) is 0 Å². The highest BCUT2D eigenvalue weighted by Crippen LogP contribution is 2.32. The first kappa shape index (κ1) is 19.3. The molecule has 0 radical (unpaired) electrons. The number of H-pyrrole nitrogens is 1. The molecule has 0 spiro atoms. The van der Waals surface area contributed by atoms with Gasteiger partial charge in [-0.05, 0) is 32.3 Å². The minimum absolute atomic E-state index is 0.0162. The number of carbonyl (C=O) groups excluding carboxylic acids is 1. The number of hydrogen-bond acceptors (Lipinski definition) is 3. The maximum Gasteiger partial charge on any atom is 0.416 e. The third-order valence-electron chi connectivity index (χ3n) is 3.54. The summed E-state index contributed by atoms with van der Waals surface area (Å²) in [7, 11) is 3.69. The Morgan fingerprint density at radius 3 is 2.56 bits per heavy atom. The molecular formula is C16H18ClF3N4O. The summed E-state index contributed by atoms with van der Waals surface area (Å²) >= 11 is 5.98. The first-order chi connectivity index (χ1) is 11.7. The molecule has 136 valence electrons. The van der Waals surface area contributed by atoms with Crippen molar-refractivity contribution >= 4 is 17.5 Å². The van der Waals surface area contributed by atoms with Crippen LogP contribution >= 0.6 is 11.6 Å². The second-order valence-corrected chi connectivity index (χ2v) is 6.21. The fourth-order valence-electron chi connectivity index (χ4n) is 2.19. The van der Waals surface area contributed by atoms with Crippen molar-refractivity contribution in [2.24, 2.45) is 0 Å². The Kier molecular flexibility index (Phi) is 6.07. The molecule has 2 aromatic rings. The third kappa shape index (κ3) is 5.20. The van der Waals surface area contributed by atoms with E-state index in [2.05, 4.69) is 9.97 Å². The summed E-state index contributed by atoms with van der Waals surface area (Å²) in [6.45, 7) is 1.08. The fraction of sp³-hybridized carbons (Fsp3) is 0.375. The molecule has 1 amide bonds. The number of aromatic nitrogens is 2. The van der Waals surface area contributed by atoms with Gasteiger partial charge in [-0.15, -0.1) is 0 Å². The minimum atomic E-state index is -4.54. The predicted octanol–water partition coefficient (Wildman–Crippen LogP) is 3.29. The molecule has 0 saturated carbocycles. The molecule has 25 heavy (non-hydrogen) atoms. The standard InChI is InChI=1S/C16H18ClF3N4O/c1-23(2)5-6-24(9-12-8-21-10-22-12)15(25)13-7-11(16(18,19)20)3-4-14(13)17/h3-4,7-8,10H,5-6,9H2,1-2H3,(H,21,22). The maximum atomic E-state index is 12.9. The summed E-state index contributed by atoms with van der Waals surface area (Å²) in [5, 5.41) is -0.0162. The van der Waals surface area contributed by atoms with E-state index >= 15 is 0 Å². The Morgan fingerprint density at radius 1 is 1.28 bits per heavy atom. The summed E-state index contributed by atoms with van der Waals surface area (Å²) in [4.78, 5) is 22.9. The van der Waals surface area contributed by atoms with Gasteiger partial charge >= 0.3 is 6.18 Å². The van der Waals surface area contributed by atoms with Crippen LogP contribution in [0.5, 0.6) is 0 Å². The monoisotopic (exact) mass is 374 g/mol. The molecule has 2 rings (SSSR count). The number of aromatic amines is 1. The topological polar surface area (TPSA) is 52.2 Å². The van der Waals surface area contributed by atoms with Crippen LogP contribution in [0.4, 0.5) is 13.2 Å². The van der Waals surface area contributed by atoms with E-state index in [0.29, 0.717) is 18.8 Å². The zero-order chi connectivity index (χ0) is 18.6. The number of benzene rings is 1. The zero-order valence-corrected chi connectivity index (χ0v) is 14.5. The Hall–Kier alpha value is -2.06. The number of halogens is 4. The van der Waals surface area contributed by atoms with Gasteiger partial charge in [-0.25, -0.2) is 4.98 Å². The van der Waals surface area contributed by atoms with E-state index < -0.39 is 17.6 Å². The fourth-order valence-corrected chi connectivity index (χ4v) is 2.38.